The van der Waals surface area contributed by atoms with Gasteiger partial charge in [-0.1, -0.05) is 107 Å². The molecule has 0 amide bonds. The van der Waals surface area contributed by atoms with Crippen LogP contribution in [0.1, 0.15) is 158 Å². The van der Waals surface area contributed by atoms with Crippen molar-refractivity contribution in [1.29, 1.82) is 0 Å². The summed E-state index contributed by atoms with van der Waals surface area (Å²) >= 11 is 0. The molecule has 42 heavy (non-hydrogen) atoms. The Balaban J connectivity index is -0.000000273. The highest BCUT2D eigenvalue weighted by Gasteiger charge is 2.35. The first-order chi connectivity index (χ1) is 19.9. The number of unbranched alkanes of at least 4 members (excludes halogenated alkanes) is 8. The first kappa shape index (κ1) is 48.3. The molecule has 0 heterocycles. The van der Waals surface area contributed by atoms with E-state index >= 15 is 0 Å². The Labute approximate surface area is 263 Å². The minimum atomic E-state index is -2.08. The lowest BCUT2D eigenvalue weighted by atomic mass is 10.4. The van der Waals surface area contributed by atoms with Gasteiger partial charge >= 0.3 is 0 Å². The topological polar surface area (TPSA) is 121 Å². The van der Waals surface area contributed by atoms with Crippen LogP contribution in [0.25, 0.3) is 0 Å². The molecule has 0 fully saturated rings. The fourth-order valence-electron chi connectivity index (χ4n) is 5.29. The zero-order valence-electron chi connectivity index (χ0n) is 29.4. The molecular formula is C34H74O6P2. The molecule has 0 aliphatic rings. The summed E-state index contributed by atoms with van der Waals surface area (Å²) in [6.45, 7) is 18.8. The Kier molecular flexibility index (Phi) is 42.1. The molecule has 0 rings (SSSR count). The monoisotopic (exact) mass is 640 g/mol. The molecule has 0 aromatic carbocycles. The SMILES string of the molecule is CCCC[P+](CCCC)(CCCC)CCCC.CCCC[P+](CCCC)(CCCC)CCCC.O=C([O-])O.O=C([O-])O. The van der Waals surface area contributed by atoms with Gasteiger partial charge < -0.3 is 30.0 Å². The van der Waals surface area contributed by atoms with Crippen molar-refractivity contribution in [2.45, 2.75) is 158 Å². The second kappa shape index (κ2) is 36.6. The van der Waals surface area contributed by atoms with Crippen LogP contribution in [0.3, 0.4) is 0 Å². The van der Waals surface area contributed by atoms with E-state index in [-0.39, 0.29) is 0 Å². The smallest absolute Gasteiger partial charge is 0.249 e. The predicted octanol–water partition coefficient (Wildman–Crippen LogP) is 10.2. The van der Waals surface area contributed by atoms with Crippen LogP contribution < -0.4 is 10.2 Å². The van der Waals surface area contributed by atoms with Crippen LogP contribution in [0.2, 0.25) is 0 Å². The molecule has 256 valence electrons. The van der Waals surface area contributed by atoms with Crippen molar-refractivity contribution in [3.05, 3.63) is 0 Å². The van der Waals surface area contributed by atoms with Gasteiger partial charge in [-0.3, -0.25) is 0 Å². The van der Waals surface area contributed by atoms with Crippen LogP contribution in [-0.4, -0.2) is 71.8 Å². The zero-order chi connectivity index (χ0) is 33.1. The lowest BCUT2D eigenvalue weighted by Gasteiger charge is -2.28. The largest absolute Gasteiger partial charge is 0.565 e. The van der Waals surface area contributed by atoms with Crippen molar-refractivity contribution >= 4 is 26.8 Å². The summed E-state index contributed by atoms with van der Waals surface area (Å²) in [6, 6.07) is 0. The average Bonchev–Trinajstić information content (AvgIpc) is 2.95. The van der Waals surface area contributed by atoms with E-state index in [2.05, 4.69) is 55.4 Å². The van der Waals surface area contributed by atoms with E-state index in [0.717, 1.165) is 0 Å². The van der Waals surface area contributed by atoms with Crippen molar-refractivity contribution in [3.8, 4) is 0 Å². The molecule has 0 aliphatic heterocycles. The van der Waals surface area contributed by atoms with Crippen LogP contribution in [0, 0.1) is 0 Å². The Morgan fingerprint density at radius 1 is 0.381 bits per heavy atom. The predicted molar refractivity (Wildman–Crippen MR) is 188 cm³/mol. The summed E-state index contributed by atoms with van der Waals surface area (Å²) in [5.41, 5.74) is 0. The van der Waals surface area contributed by atoms with E-state index in [1.807, 2.05) is 0 Å². The minimum absolute atomic E-state index is 0.562. The second-order valence-electron chi connectivity index (χ2n) is 11.8. The molecule has 0 atom stereocenters. The number of carbonyl (C=O) groups is 2. The van der Waals surface area contributed by atoms with Crippen LogP contribution in [0.5, 0.6) is 0 Å². The highest BCUT2D eigenvalue weighted by Crippen LogP contribution is 2.62. The van der Waals surface area contributed by atoms with Crippen molar-refractivity contribution in [2.24, 2.45) is 0 Å². The maximum Gasteiger partial charge on any atom is 0.249 e. The summed E-state index contributed by atoms with van der Waals surface area (Å²) in [6.07, 6.45) is 31.7. The first-order valence-corrected chi connectivity index (χ1v) is 22.5. The van der Waals surface area contributed by atoms with Crippen molar-refractivity contribution in [2.75, 3.05) is 49.3 Å². The molecule has 6 nitrogen and oxygen atoms in total. The standard InChI is InChI=1S/2C16H36P.2CH2O3/c2*1-5-9-13-17(14-10-6-2,15-11-7-3)16-12-8-4;2*2-1(3)4/h2*5-16H2,1-4H3;2*(H2,2,3,4)/q2*+1;;/p-2. The molecule has 0 unspecified atom stereocenters. The van der Waals surface area contributed by atoms with E-state index in [1.54, 1.807) is 49.3 Å². The van der Waals surface area contributed by atoms with Crippen LogP contribution in [0.4, 0.5) is 9.59 Å². The van der Waals surface area contributed by atoms with Crippen LogP contribution >= 0.6 is 14.5 Å². The molecule has 2 N–H and O–H groups in total. The van der Waals surface area contributed by atoms with Gasteiger partial charge in [-0.25, -0.2) is 0 Å². The van der Waals surface area contributed by atoms with Crippen molar-refractivity contribution in [3.63, 3.8) is 0 Å². The van der Waals surface area contributed by atoms with Gasteiger partial charge in [0.05, 0.1) is 49.3 Å². The van der Waals surface area contributed by atoms with Gasteiger partial charge in [0.1, 0.15) is 0 Å². The van der Waals surface area contributed by atoms with E-state index in [1.165, 1.54) is 103 Å². The molecular weight excluding hydrogens is 566 g/mol. The summed E-state index contributed by atoms with van der Waals surface area (Å²) < 4.78 is 0. The molecule has 0 bridgehead atoms. The molecule has 0 radical (unpaired) electrons. The van der Waals surface area contributed by atoms with E-state index in [4.69, 9.17) is 30.0 Å². The lowest BCUT2D eigenvalue weighted by molar-refractivity contribution is -0.276. The van der Waals surface area contributed by atoms with Gasteiger partial charge in [0.25, 0.3) is 0 Å². The Morgan fingerprint density at radius 2 is 0.476 bits per heavy atom. The Hall–Kier alpha value is -0.600. The molecule has 0 spiro atoms. The summed E-state index contributed by atoms with van der Waals surface area (Å²) in [5.74, 6) is 0. The molecule has 0 saturated heterocycles. The maximum atomic E-state index is 8.44. The highest BCUT2D eigenvalue weighted by atomic mass is 31.2. The van der Waals surface area contributed by atoms with Crippen molar-refractivity contribution in [1.82, 2.24) is 0 Å². The minimum Gasteiger partial charge on any atom is -0.565 e. The second-order valence-corrected chi connectivity index (χ2v) is 20.8. The van der Waals surface area contributed by atoms with E-state index in [0.29, 0.717) is 0 Å². The number of rotatable bonds is 24. The zero-order valence-corrected chi connectivity index (χ0v) is 31.2. The number of hydrogen-bond donors (Lipinski definition) is 2. The summed E-state index contributed by atoms with van der Waals surface area (Å²) in [7, 11) is -1.12. The van der Waals surface area contributed by atoms with Gasteiger partial charge in [0, 0.05) is 14.5 Å². The van der Waals surface area contributed by atoms with Gasteiger partial charge in [-0.05, 0) is 51.4 Å². The number of hydrogen-bond acceptors (Lipinski definition) is 4. The molecule has 0 saturated carbocycles. The third-order valence-electron chi connectivity index (χ3n) is 7.89. The number of carboxylic acid groups (broad SMARTS) is 4. The molecule has 0 aromatic heterocycles. The highest BCUT2D eigenvalue weighted by molar-refractivity contribution is 7.76. The van der Waals surface area contributed by atoms with Gasteiger partial charge in [-0.2, -0.15) is 0 Å². The van der Waals surface area contributed by atoms with E-state index < -0.39 is 26.8 Å². The van der Waals surface area contributed by atoms with Gasteiger partial charge in [0.2, 0.25) is 12.3 Å². The van der Waals surface area contributed by atoms with Gasteiger partial charge in [0.15, 0.2) is 0 Å². The summed E-state index contributed by atoms with van der Waals surface area (Å²) in [4.78, 5) is 16.9. The third-order valence-corrected chi connectivity index (χ3v) is 18.0. The normalized spacial score (nSPS) is 10.9. The summed E-state index contributed by atoms with van der Waals surface area (Å²) in [5, 5.41) is 30.6. The van der Waals surface area contributed by atoms with E-state index in [9.17, 15) is 0 Å². The lowest BCUT2D eigenvalue weighted by Crippen LogP contribution is -2.17. The van der Waals surface area contributed by atoms with Crippen LogP contribution in [0.15, 0.2) is 0 Å². The molecule has 8 heteroatoms. The fourth-order valence-corrected chi connectivity index (χ4v) is 15.9. The first-order valence-electron chi connectivity index (χ1n) is 17.5. The van der Waals surface area contributed by atoms with Crippen LogP contribution in [-0.2, 0) is 0 Å². The third kappa shape index (κ3) is 37.4. The Bertz CT molecular complexity index is 429. The molecule has 0 aromatic rings. The van der Waals surface area contributed by atoms with Gasteiger partial charge in [-0.15, -0.1) is 0 Å². The van der Waals surface area contributed by atoms with Crippen molar-refractivity contribution < 1.29 is 30.0 Å². The molecule has 0 aliphatic carbocycles. The Morgan fingerprint density at radius 3 is 0.548 bits per heavy atom. The maximum absolute atomic E-state index is 8.44. The quantitative estimate of drug-likeness (QED) is 0.101. The average molecular weight is 641 g/mol. The fraction of sp³-hybridized carbons (Fsp3) is 0.941.